The van der Waals surface area contributed by atoms with Gasteiger partial charge in [-0.1, -0.05) is 48.5 Å². The summed E-state index contributed by atoms with van der Waals surface area (Å²) in [6, 6.07) is 26.3. The van der Waals surface area contributed by atoms with Crippen molar-refractivity contribution in [3.8, 4) is 0 Å². The molecular weight excluding hydrogens is 396 g/mol. The Hall–Kier alpha value is -3.99. The van der Waals surface area contributed by atoms with Crippen LogP contribution in [0, 0.1) is 0 Å². The van der Waals surface area contributed by atoms with Crippen LogP contribution in [0.15, 0.2) is 91.3 Å². The number of hydrogen-bond acceptors (Lipinski definition) is 3. The van der Waals surface area contributed by atoms with Crippen LogP contribution in [0.25, 0.3) is 21.9 Å². The molecule has 0 N–H and O–H groups in total. The van der Waals surface area contributed by atoms with E-state index in [0.29, 0.717) is 18.7 Å². The summed E-state index contributed by atoms with van der Waals surface area (Å²) in [5.74, 6) is -0.00117. The zero-order valence-corrected chi connectivity index (χ0v) is 18.0. The highest BCUT2D eigenvalue weighted by molar-refractivity contribution is 5.97. The Morgan fingerprint density at radius 3 is 2.44 bits per heavy atom. The molecule has 0 saturated heterocycles. The number of nitrogens with zero attached hydrogens (tertiary/aromatic N) is 4. The van der Waals surface area contributed by atoms with Gasteiger partial charge in [0.15, 0.2) is 0 Å². The second kappa shape index (κ2) is 8.63. The Bertz CT molecular complexity index is 1390. The first kappa shape index (κ1) is 19.9. The van der Waals surface area contributed by atoms with Crippen LogP contribution in [0.4, 0.5) is 0 Å². The molecule has 5 nitrogen and oxygen atoms in total. The van der Waals surface area contributed by atoms with Crippen molar-refractivity contribution in [3.05, 3.63) is 108 Å². The van der Waals surface area contributed by atoms with E-state index in [-0.39, 0.29) is 5.91 Å². The summed E-state index contributed by atoms with van der Waals surface area (Å²) in [5, 5.41) is 1.18. The van der Waals surface area contributed by atoms with Crippen molar-refractivity contribution < 1.29 is 4.79 Å². The Balaban J connectivity index is 1.47. The largest absolute Gasteiger partial charge is 0.346 e. The summed E-state index contributed by atoms with van der Waals surface area (Å²) in [5.41, 5.74) is 5.63. The standard InChI is InChI=1S/C27H24N4O/c1-30-23(17-21-9-5-6-10-26(21)30)19-31(16-13-20-7-3-2-4-8-20)27(32)22-11-12-24-25(18-22)29-15-14-28-24/h2-12,14-15,17-18H,13,16,19H2,1H3. The maximum Gasteiger partial charge on any atom is 0.254 e. The van der Waals surface area contributed by atoms with Gasteiger partial charge in [-0.3, -0.25) is 14.8 Å². The van der Waals surface area contributed by atoms with Crippen LogP contribution < -0.4 is 0 Å². The van der Waals surface area contributed by atoms with E-state index in [1.54, 1.807) is 12.4 Å². The van der Waals surface area contributed by atoms with E-state index < -0.39 is 0 Å². The van der Waals surface area contributed by atoms with E-state index in [1.807, 2.05) is 53.4 Å². The molecule has 5 heteroatoms. The van der Waals surface area contributed by atoms with E-state index in [0.717, 1.165) is 23.1 Å². The Morgan fingerprint density at radius 2 is 1.62 bits per heavy atom. The third kappa shape index (κ3) is 3.97. The van der Waals surface area contributed by atoms with Gasteiger partial charge < -0.3 is 9.47 Å². The molecule has 2 heterocycles. The van der Waals surface area contributed by atoms with Crippen LogP contribution in [0.5, 0.6) is 0 Å². The topological polar surface area (TPSA) is 51.0 Å². The molecule has 0 bridgehead atoms. The lowest BCUT2D eigenvalue weighted by atomic mass is 10.1. The van der Waals surface area contributed by atoms with Crippen molar-refractivity contribution in [3.63, 3.8) is 0 Å². The summed E-state index contributed by atoms with van der Waals surface area (Å²) in [4.78, 5) is 24.2. The predicted molar refractivity (Wildman–Crippen MR) is 127 cm³/mol. The fraction of sp³-hybridized carbons (Fsp3) is 0.148. The lowest BCUT2D eigenvalue weighted by Gasteiger charge is -2.23. The van der Waals surface area contributed by atoms with Crippen molar-refractivity contribution in [2.45, 2.75) is 13.0 Å². The van der Waals surface area contributed by atoms with Gasteiger partial charge in [-0.25, -0.2) is 0 Å². The Kier molecular flexibility index (Phi) is 5.38. The Morgan fingerprint density at radius 1 is 0.875 bits per heavy atom. The molecule has 3 aromatic carbocycles. The highest BCUT2D eigenvalue weighted by Gasteiger charge is 2.19. The number of benzene rings is 3. The molecule has 0 unspecified atom stereocenters. The number of para-hydroxylation sites is 1. The fourth-order valence-corrected chi connectivity index (χ4v) is 4.13. The maximum absolute atomic E-state index is 13.6. The number of aryl methyl sites for hydroxylation is 1. The smallest absolute Gasteiger partial charge is 0.254 e. The van der Waals surface area contributed by atoms with Crippen LogP contribution >= 0.6 is 0 Å². The maximum atomic E-state index is 13.6. The minimum atomic E-state index is -0.00117. The third-order valence-electron chi connectivity index (χ3n) is 5.92. The second-order valence-corrected chi connectivity index (χ2v) is 7.98. The molecule has 0 radical (unpaired) electrons. The number of fused-ring (bicyclic) bond motifs is 2. The predicted octanol–water partition coefficient (Wildman–Crippen LogP) is 5.01. The molecule has 1 amide bonds. The van der Waals surface area contributed by atoms with E-state index in [9.17, 15) is 4.79 Å². The minimum Gasteiger partial charge on any atom is -0.346 e. The summed E-state index contributed by atoms with van der Waals surface area (Å²) in [6.07, 6.45) is 4.11. The molecule has 5 aromatic rings. The van der Waals surface area contributed by atoms with Gasteiger partial charge in [-0.15, -0.1) is 0 Å². The van der Waals surface area contributed by atoms with Gasteiger partial charge in [0.05, 0.1) is 17.6 Å². The van der Waals surface area contributed by atoms with Gasteiger partial charge in [0.2, 0.25) is 0 Å². The SMILES string of the molecule is Cn1c(CN(CCc2ccccc2)C(=O)c2ccc3nccnc3c2)cc2ccccc21. The molecule has 32 heavy (non-hydrogen) atoms. The summed E-state index contributed by atoms with van der Waals surface area (Å²) in [7, 11) is 2.06. The molecule has 0 atom stereocenters. The molecule has 0 aliphatic rings. The Labute approximate surface area is 187 Å². The summed E-state index contributed by atoms with van der Waals surface area (Å²) < 4.78 is 2.17. The van der Waals surface area contributed by atoms with Gasteiger partial charge in [-0.2, -0.15) is 0 Å². The highest BCUT2D eigenvalue weighted by Crippen LogP contribution is 2.21. The molecule has 158 valence electrons. The quantitative estimate of drug-likeness (QED) is 0.388. The second-order valence-electron chi connectivity index (χ2n) is 7.98. The van der Waals surface area contributed by atoms with Crippen LogP contribution in [-0.4, -0.2) is 31.9 Å². The molecule has 0 aliphatic carbocycles. The minimum absolute atomic E-state index is 0.00117. The van der Waals surface area contributed by atoms with Crippen LogP contribution in [-0.2, 0) is 20.0 Å². The van der Waals surface area contributed by atoms with Crippen molar-refractivity contribution in [2.75, 3.05) is 6.54 Å². The first-order valence-corrected chi connectivity index (χ1v) is 10.8. The summed E-state index contributed by atoms with van der Waals surface area (Å²) >= 11 is 0. The van der Waals surface area contributed by atoms with E-state index in [4.69, 9.17) is 0 Å². The van der Waals surface area contributed by atoms with Crippen LogP contribution in [0.3, 0.4) is 0 Å². The zero-order chi connectivity index (χ0) is 21.9. The van der Waals surface area contributed by atoms with Gasteiger partial charge in [0.1, 0.15) is 0 Å². The third-order valence-corrected chi connectivity index (χ3v) is 5.92. The van der Waals surface area contributed by atoms with Gasteiger partial charge in [0, 0.05) is 42.8 Å². The van der Waals surface area contributed by atoms with Crippen molar-refractivity contribution in [1.82, 2.24) is 19.4 Å². The van der Waals surface area contributed by atoms with E-state index in [1.165, 1.54) is 16.5 Å². The molecule has 0 saturated carbocycles. The number of amides is 1. The average Bonchev–Trinajstić information content (AvgIpc) is 3.17. The van der Waals surface area contributed by atoms with E-state index >= 15 is 0 Å². The van der Waals surface area contributed by atoms with Gasteiger partial charge in [-0.05, 0) is 47.7 Å². The fourth-order valence-electron chi connectivity index (χ4n) is 4.13. The number of aromatic nitrogens is 3. The molecule has 5 rings (SSSR count). The summed E-state index contributed by atoms with van der Waals surface area (Å²) in [6.45, 7) is 1.16. The lowest BCUT2D eigenvalue weighted by Crippen LogP contribution is -2.33. The normalized spacial score (nSPS) is 11.2. The first-order valence-electron chi connectivity index (χ1n) is 10.8. The molecule has 0 aliphatic heterocycles. The number of hydrogen-bond donors (Lipinski definition) is 0. The molecule has 2 aromatic heterocycles. The van der Waals surface area contributed by atoms with Crippen LogP contribution in [0.2, 0.25) is 0 Å². The number of carbonyl (C=O) groups excluding carboxylic acids is 1. The number of rotatable bonds is 6. The van der Waals surface area contributed by atoms with Gasteiger partial charge >= 0.3 is 0 Å². The molecule has 0 fully saturated rings. The lowest BCUT2D eigenvalue weighted by molar-refractivity contribution is 0.0742. The van der Waals surface area contributed by atoms with Crippen molar-refractivity contribution in [1.29, 1.82) is 0 Å². The monoisotopic (exact) mass is 420 g/mol. The van der Waals surface area contributed by atoms with Crippen molar-refractivity contribution >= 4 is 27.8 Å². The number of carbonyl (C=O) groups is 1. The molecular formula is C27H24N4O. The van der Waals surface area contributed by atoms with Crippen LogP contribution in [0.1, 0.15) is 21.6 Å². The highest BCUT2D eigenvalue weighted by atomic mass is 16.2. The average molecular weight is 421 g/mol. The molecule has 0 spiro atoms. The van der Waals surface area contributed by atoms with E-state index in [2.05, 4.69) is 51.9 Å². The van der Waals surface area contributed by atoms with Crippen molar-refractivity contribution in [2.24, 2.45) is 7.05 Å². The zero-order valence-electron chi connectivity index (χ0n) is 18.0. The van der Waals surface area contributed by atoms with Gasteiger partial charge in [0.25, 0.3) is 5.91 Å². The first-order chi connectivity index (χ1) is 15.7.